The highest BCUT2D eigenvalue weighted by molar-refractivity contribution is 5.46. The van der Waals surface area contributed by atoms with Crippen LogP contribution in [0, 0.1) is 5.82 Å². The summed E-state index contributed by atoms with van der Waals surface area (Å²) < 4.78 is 15.3. The smallest absolute Gasteiger partial charge is 0.177 e. The first kappa shape index (κ1) is 16.4. The molecule has 1 saturated heterocycles. The number of rotatable bonds is 4. The zero-order valence-corrected chi connectivity index (χ0v) is 14.4. The van der Waals surface area contributed by atoms with Crippen molar-refractivity contribution in [3.05, 3.63) is 35.9 Å². The minimum Gasteiger partial charge on any atom is -0.372 e. The fourth-order valence-electron chi connectivity index (χ4n) is 4.15. The zero-order chi connectivity index (χ0) is 17.1. The van der Waals surface area contributed by atoms with Crippen molar-refractivity contribution in [3.63, 3.8) is 0 Å². The molecular weight excluding hydrogens is 319 g/mol. The second-order valence-corrected chi connectivity index (χ2v) is 7.20. The maximum Gasteiger partial charge on any atom is 0.177 e. The molecule has 2 aromatic rings. The maximum absolute atomic E-state index is 13.3. The summed E-state index contributed by atoms with van der Waals surface area (Å²) in [5.41, 5.74) is 0.589. The zero-order valence-electron chi connectivity index (χ0n) is 14.4. The van der Waals surface area contributed by atoms with Gasteiger partial charge in [0.1, 0.15) is 11.4 Å². The molecule has 6 nitrogen and oxygen atoms in total. The predicted octanol–water partition coefficient (Wildman–Crippen LogP) is 3.01. The van der Waals surface area contributed by atoms with Crippen molar-refractivity contribution in [2.75, 3.05) is 18.4 Å². The summed E-state index contributed by atoms with van der Waals surface area (Å²) in [6, 6.07) is 6.94. The van der Waals surface area contributed by atoms with Gasteiger partial charge in [-0.15, -0.1) is 5.10 Å². The van der Waals surface area contributed by atoms with E-state index in [2.05, 4.69) is 30.8 Å². The summed E-state index contributed by atoms with van der Waals surface area (Å²) in [6.45, 7) is 1.82. The Kier molecular flexibility index (Phi) is 4.65. The fourth-order valence-corrected chi connectivity index (χ4v) is 4.15. The third-order valence-electron chi connectivity index (χ3n) is 5.53. The van der Waals surface area contributed by atoms with Crippen LogP contribution in [0.15, 0.2) is 24.3 Å². The van der Waals surface area contributed by atoms with E-state index in [0.717, 1.165) is 50.3 Å². The van der Waals surface area contributed by atoms with E-state index in [-0.39, 0.29) is 11.4 Å². The Morgan fingerprint density at radius 3 is 2.52 bits per heavy atom. The van der Waals surface area contributed by atoms with E-state index in [9.17, 15) is 4.39 Å². The summed E-state index contributed by atoms with van der Waals surface area (Å²) in [5, 5.41) is 19.9. The minimum absolute atomic E-state index is 0.225. The number of hydrogen-bond donors (Lipinski definition) is 2. The van der Waals surface area contributed by atoms with Crippen LogP contribution in [-0.4, -0.2) is 33.3 Å². The first-order chi connectivity index (χ1) is 12.3. The van der Waals surface area contributed by atoms with Crippen molar-refractivity contribution in [1.82, 2.24) is 25.5 Å². The number of nitrogens with zero attached hydrogens (tertiary/aromatic N) is 4. The van der Waals surface area contributed by atoms with Crippen LogP contribution in [0.1, 0.15) is 56.8 Å². The summed E-state index contributed by atoms with van der Waals surface area (Å²) in [7, 11) is 0. The summed E-state index contributed by atoms with van der Waals surface area (Å²) in [6.07, 6.45) is 7.87. The van der Waals surface area contributed by atoms with Crippen LogP contribution in [0.25, 0.3) is 0 Å². The molecule has 134 valence electrons. The van der Waals surface area contributed by atoms with E-state index < -0.39 is 0 Å². The van der Waals surface area contributed by atoms with Crippen molar-refractivity contribution < 1.29 is 4.39 Å². The van der Waals surface area contributed by atoms with Gasteiger partial charge in [0.2, 0.25) is 0 Å². The highest BCUT2D eigenvalue weighted by Crippen LogP contribution is 2.36. The molecule has 4 rings (SSSR count). The van der Waals surface area contributed by atoms with Gasteiger partial charge in [0, 0.05) is 5.69 Å². The number of tetrazole rings is 1. The quantitative estimate of drug-likeness (QED) is 0.892. The lowest BCUT2D eigenvalue weighted by Crippen LogP contribution is -2.47. The molecule has 1 aliphatic heterocycles. The molecule has 1 saturated carbocycles. The highest BCUT2D eigenvalue weighted by Gasteiger charge is 2.40. The molecule has 2 N–H and O–H groups in total. The second kappa shape index (κ2) is 7.07. The molecule has 0 unspecified atom stereocenters. The van der Waals surface area contributed by atoms with E-state index >= 15 is 0 Å². The van der Waals surface area contributed by atoms with Gasteiger partial charge in [0.25, 0.3) is 0 Å². The molecule has 0 radical (unpaired) electrons. The topological polar surface area (TPSA) is 67.7 Å². The van der Waals surface area contributed by atoms with Gasteiger partial charge in [0.15, 0.2) is 5.82 Å². The first-order valence-corrected chi connectivity index (χ1v) is 9.30. The van der Waals surface area contributed by atoms with Crippen LogP contribution in [0.4, 0.5) is 10.1 Å². The molecule has 2 fully saturated rings. The number of benzene rings is 1. The Balaban J connectivity index is 1.67. The molecule has 1 aliphatic carbocycles. The van der Waals surface area contributed by atoms with Gasteiger partial charge in [-0.25, -0.2) is 9.07 Å². The van der Waals surface area contributed by atoms with Gasteiger partial charge < -0.3 is 10.6 Å². The standard InChI is InChI=1S/C18H25FN6/c19-14-6-8-15(9-7-14)21-18(10-12-20-13-11-18)17-22-23-24-25(17)16-4-2-1-3-5-16/h6-9,16,20-21H,1-5,10-13H2. The fraction of sp³-hybridized carbons (Fsp3) is 0.611. The number of aromatic nitrogens is 4. The van der Waals surface area contributed by atoms with Crippen LogP contribution in [0.3, 0.4) is 0 Å². The summed E-state index contributed by atoms with van der Waals surface area (Å²) >= 11 is 0. The Labute approximate surface area is 147 Å². The first-order valence-electron chi connectivity index (χ1n) is 9.30. The predicted molar refractivity (Wildman–Crippen MR) is 93.7 cm³/mol. The number of piperidine rings is 1. The Bertz CT molecular complexity index is 686. The molecule has 2 heterocycles. The van der Waals surface area contributed by atoms with Crippen LogP contribution in [0.5, 0.6) is 0 Å². The van der Waals surface area contributed by atoms with Crippen LogP contribution >= 0.6 is 0 Å². The Morgan fingerprint density at radius 1 is 1.08 bits per heavy atom. The van der Waals surface area contributed by atoms with Gasteiger partial charge >= 0.3 is 0 Å². The van der Waals surface area contributed by atoms with E-state index in [1.807, 2.05) is 0 Å². The SMILES string of the molecule is Fc1ccc(NC2(c3nnnn3C3CCCCC3)CCNCC2)cc1. The van der Waals surface area contributed by atoms with Crippen LogP contribution in [-0.2, 0) is 5.54 Å². The van der Waals surface area contributed by atoms with Crippen molar-refractivity contribution >= 4 is 5.69 Å². The Hall–Kier alpha value is -2.02. The lowest BCUT2D eigenvalue weighted by atomic mass is 9.86. The molecule has 1 aromatic carbocycles. The third-order valence-corrected chi connectivity index (χ3v) is 5.53. The number of hydrogen-bond acceptors (Lipinski definition) is 5. The molecule has 0 amide bonds. The lowest BCUT2D eigenvalue weighted by molar-refractivity contribution is 0.269. The van der Waals surface area contributed by atoms with Gasteiger partial charge in [-0.1, -0.05) is 19.3 Å². The molecule has 7 heteroatoms. The molecule has 0 atom stereocenters. The third kappa shape index (κ3) is 3.38. The van der Waals surface area contributed by atoms with Crippen molar-refractivity contribution in [3.8, 4) is 0 Å². The number of halogens is 1. The van der Waals surface area contributed by atoms with E-state index in [0.29, 0.717) is 6.04 Å². The van der Waals surface area contributed by atoms with Gasteiger partial charge in [-0.05, 0) is 73.5 Å². The monoisotopic (exact) mass is 344 g/mol. The van der Waals surface area contributed by atoms with Crippen LogP contribution in [0.2, 0.25) is 0 Å². The molecule has 2 aliphatic rings. The second-order valence-electron chi connectivity index (χ2n) is 7.20. The molecule has 1 aromatic heterocycles. The molecule has 25 heavy (non-hydrogen) atoms. The minimum atomic E-state index is -0.315. The summed E-state index contributed by atoms with van der Waals surface area (Å²) in [4.78, 5) is 0. The number of nitrogens with one attached hydrogen (secondary N) is 2. The van der Waals surface area contributed by atoms with Crippen LogP contribution < -0.4 is 10.6 Å². The maximum atomic E-state index is 13.3. The molecule has 0 bridgehead atoms. The number of anilines is 1. The average molecular weight is 344 g/mol. The highest BCUT2D eigenvalue weighted by atomic mass is 19.1. The molecule has 0 spiro atoms. The van der Waals surface area contributed by atoms with Gasteiger partial charge in [-0.3, -0.25) is 0 Å². The van der Waals surface area contributed by atoms with Gasteiger partial charge in [-0.2, -0.15) is 0 Å². The van der Waals surface area contributed by atoms with E-state index in [4.69, 9.17) is 0 Å². The largest absolute Gasteiger partial charge is 0.372 e. The van der Waals surface area contributed by atoms with Gasteiger partial charge in [0.05, 0.1) is 6.04 Å². The van der Waals surface area contributed by atoms with E-state index in [1.165, 1.54) is 31.4 Å². The van der Waals surface area contributed by atoms with Crippen molar-refractivity contribution in [2.45, 2.75) is 56.5 Å². The molecular formula is C18H25FN6. The van der Waals surface area contributed by atoms with Crippen molar-refractivity contribution in [1.29, 1.82) is 0 Å². The van der Waals surface area contributed by atoms with E-state index in [1.54, 1.807) is 12.1 Å². The Morgan fingerprint density at radius 2 is 1.80 bits per heavy atom. The summed E-state index contributed by atoms with van der Waals surface area (Å²) in [5.74, 6) is 0.696. The normalized spacial score (nSPS) is 21.2. The van der Waals surface area contributed by atoms with Crippen molar-refractivity contribution in [2.24, 2.45) is 0 Å². The average Bonchev–Trinajstić information content (AvgIpc) is 3.16. The lowest BCUT2D eigenvalue weighted by Gasteiger charge is -2.39.